The number of benzene rings is 1. The van der Waals surface area contributed by atoms with Gasteiger partial charge < -0.3 is 9.84 Å². The molecule has 0 heterocycles. The average Bonchev–Trinajstić information content (AvgIpc) is 2.17. The molecule has 0 fully saturated rings. The van der Waals surface area contributed by atoms with Crippen LogP contribution in [-0.2, 0) is 16.0 Å². The highest BCUT2D eigenvalue weighted by atomic mass is 16.5. The van der Waals surface area contributed by atoms with Crippen LogP contribution in [0.2, 0.25) is 0 Å². The molecule has 0 amide bonds. The summed E-state index contributed by atoms with van der Waals surface area (Å²) in [7, 11) is 0. The van der Waals surface area contributed by atoms with Gasteiger partial charge in [0.15, 0.2) is 0 Å². The van der Waals surface area contributed by atoms with Gasteiger partial charge in [-0.2, -0.15) is 0 Å². The summed E-state index contributed by atoms with van der Waals surface area (Å²) in [6.45, 7) is 6.20. The van der Waals surface area contributed by atoms with Crippen molar-refractivity contribution in [2.45, 2.75) is 13.3 Å². The Bertz CT molecular complexity index is 369. The molecule has 0 unspecified atom stereocenters. The van der Waals surface area contributed by atoms with Crippen LogP contribution >= 0.6 is 0 Å². The summed E-state index contributed by atoms with van der Waals surface area (Å²) in [5, 5.41) is 8.65. The van der Waals surface area contributed by atoms with E-state index in [0.717, 1.165) is 11.1 Å². The van der Waals surface area contributed by atoms with Crippen LogP contribution in [0.3, 0.4) is 0 Å². The molecule has 1 N–H and O–H groups in total. The Morgan fingerprint density at radius 1 is 1.53 bits per heavy atom. The molecule has 0 spiro atoms. The topological polar surface area (TPSA) is 46.5 Å². The molecule has 0 aliphatic heterocycles. The van der Waals surface area contributed by atoms with E-state index in [0.29, 0.717) is 12.4 Å². The maximum Gasteiger partial charge on any atom is 0.307 e. The number of carboxylic acids is 1. The second kappa shape index (κ2) is 5.20. The molecule has 0 saturated carbocycles. The Morgan fingerprint density at radius 3 is 2.87 bits per heavy atom. The second-order valence-corrected chi connectivity index (χ2v) is 3.13. The van der Waals surface area contributed by atoms with Crippen molar-refractivity contribution in [3.05, 3.63) is 42.0 Å². The third-order valence-electron chi connectivity index (χ3n) is 1.92. The van der Waals surface area contributed by atoms with Crippen LogP contribution in [0.1, 0.15) is 18.1 Å². The van der Waals surface area contributed by atoms with Gasteiger partial charge in [0.1, 0.15) is 5.76 Å². The Morgan fingerprint density at radius 2 is 2.27 bits per heavy atom. The highest BCUT2D eigenvalue weighted by Gasteiger charge is 2.03. The van der Waals surface area contributed by atoms with Crippen LogP contribution in [0.4, 0.5) is 0 Å². The molecule has 1 aromatic carbocycles. The lowest BCUT2D eigenvalue weighted by Crippen LogP contribution is -2.00. The molecule has 1 aromatic rings. The van der Waals surface area contributed by atoms with Crippen LogP contribution in [0.15, 0.2) is 30.8 Å². The molecule has 0 bridgehead atoms. The smallest absolute Gasteiger partial charge is 0.307 e. The largest absolute Gasteiger partial charge is 0.494 e. The molecule has 0 aliphatic carbocycles. The normalized spacial score (nSPS) is 9.67. The van der Waals surface area contributed by atoms with E-state index in [2.05, 4.69) is 6.58 Å². The minimum atomic E-state index is -0.839. The molecule has 0 atom stereocenters. The van der Waals surface area contributed by atoms with Crippen LogP contribution < -0.4 is 0 Å². The first-order valence-electron chi connectivity index (χ1n) is 4.76. The van der Waals surface area contributed by atoms with E-state index in [4.69, 9.17) is 9.84 Å². The van der Waals surface area contributed by atoms with Crippen LogP contribution in [0.25, 0.3) is 5.76 Å². The van der Waals surface area contributed by atoms with Gasteiger partial charge in [-0.25, -0.2) is 0 Å². The predicted octanol–water partition coefficient (Wildman–Crippen LogP) is 2.32. The molecule has 0 aromatic heterocycles. The first kappa shape index (κ1) is 11.3. The summed E-state index contributed by atoms with van der Waals surface area (Å²) in [4.78, 5) is 10.5. The van der Waals surface area contributed by atoms with E-state index >= 15 is 0 Å². The van der Waals surface area contributed by atoms with Gasteiger partial charge in [-0.15, -0.1) is 0 Å². The number of aliphatic carboxylic acids is 1. The Balaban J connectivity index is 2.82. The summed E-state index contributed by atoms with van der Waals surface area (Å²) in [5.74, 6) is -0.265. The maximum atomic E-state index is 10.5. The van der Waals surface area contributed by atoms with Crippen molar-refractivity contribution in [1.82, 2.24) is 0 Å². The van der Waals surface area contributed by atoms with Crippen molar-refractivity contribution in [3.8, 4) is 0 Å². The van der Waals surface area contributed by atoms with Crippen LogP contribution in [-0.4, -0.2) is 17.7 Å². The van der Waals surface area contributed by atoms with Gasteiger partial charge in [-0.3, -0.25) is 4.79 Å². The first-order valence-corrected chi connectivity index (χ1v) is 4.76. The van der Waals surface area contributed by atoms with Gasteiger partial charge >= 0.3 is 5.97 Å². The van der Waals surface area contributed by atoms with E-state index in [1.54, 1.807) is 18.2 Å². The molecular formula is C12H14O3. The molecule has 15 heavy (non-hydrogen) atoms. The first-order chi connectivity index (χ1) is 7.13. The minimum absolute atomic E-state index is 0.0211. The standard InChI is InChI=1S/C12H14O3/c1-3-15-9(2)11-6-4-5-10(7-11)8-12(13)14/h4-7H,2-3,8H2,1H3,(H,13,14). The Labute approximate surface area is 89.0 Å². The van der Waals surface area contributed by atoms with E-state index in [-0.39, 0.29) is 6.42 Å². The average molecular weight is 206 g/mol. The van der Waals surface area contributed by atoms with Crippen LogP contribution in [0, 0.1) is 0 Å². The molecule has 0 aliphatic rings. The molecule has 0 radical (unpaired) electrons. The minimum Gasteiger partial charge on any atom is -0.494 e. The second-order valence-electron chi connectivity index (χ2n) is 3.13. The van der Waals surface area contributed by atoms with E-state index in [1.807, 2.05) is 13.0 Å². The molecule has 3 nitrogen and oxygen atoms in total. The summed E-state index contributed by atoms with van der Waals surface area (Å²) in [5.41, 5.74) is 1.58. The maximum absolute atomic E-state index is 10.5. The predicted molar refractivity (Wildman–Crippen MR) is 58.4 cm³/mol. The van der Waals surface area contributed by atoms with Gasteiger partial charge in [-0.05, 0) is 18.6 Å². The zero-order chi connectivity index (χ0) is 11.3. The van der Waals surface area contributed by atoms with Gasteiger partial charge in [0.2, 0.25) is 0 Å². The summed E-state index contributed by atoms with van der Waals surface area (Å²) < 4.78 is 5.25. The SMILES string of the molecule is C=C(OCC)c1cccc(CC(=O)O)c1. The van der Waals surface area contributed by atoms with Crippen molar-refractivity contribution in [1.29, 1.82) is 0 Å². The number of rotatable bonds is 5. The molecular weight excluding hydrogens is 192 g/mol. The molecule has 0 saturated heterocycles. The fourth-order valence-electron chi connectivity index (χ4n) is 1.29. The van der Waals surface area contributed by atoms with Crippen molar-refractivity contribution in [2.24, 2.45) is 0 Å². The van der Waals surface area contributed by atoms with E-state index < -0.39 is 5.97 Å². The summed E-state index contributed by atoms with van der Waals surface area (Å²) in [6.07, 6.45) is 0.0211. The number of carboxylic acid groups (broad SMARTS) is 1. The lowest BCUT2D eigenvalue weighted by molar-refractivity contribution is -0.136. The Hall–Kier alpha value is -1.77. The fourth-order valence-corrected chi connectivity index (χ4v) is 1.29. The Kier molecular flexibility index (Phi) is 3.92. The third kappa shape index (κ3) is 3.46. The number of carbonyl (C=O) groups is 1. The third-order valence-corrected chi connectivity index (χ3v) is 1.92. The van der Waals surface area contributed by atoms with Crippen molar-refractivity contribution in [3.63, 3.8) is 0 Å². The van der Waals surface area contributed by atoms with E-state index in [9.17, 15) is 4.79 Å². The van der Waals surface area contributed by atoms with Crippen LogP contribution in [0.5, 0.6) is 0 Å². The number of hydrogen-bond acceptors (Lipinski definition) is 2. The number of ether oxygens (including phenoxy) is 1. The highest BCUT2D eigenvalue weighted by molar-refractivity contribution is 5.71. The quantitative estimate of drug-likeness (QED) is 0.752. The zero-order valence-electron chi connectivity index (χ0n) is 8.69. The fraction of sp³-hybridized carbons (Fsp3) is 0.250. The highest BCUT2D eigenvalue weighted by Crippen LogP contribution is 2.15. The summed E-state index contributed by atoms with van der Waals surface area (Å²) in [6, 6.07) is 7.21. The van der Waals surface area contributed by atoms with Gasteiger partial charge in [0.05, 0.1) is 13.0 Å². The lowest BCUT2D eigenvalue weighted by atomic mass is 10.1. The molecule has 3 heteroatoms. The lowest BCUT2D eigenvalue weighted by Gasteiger charge is -2.07. The summed E-state index contributed by atoms with van der Waals surface area (Å²) >= 11 is 0. The van der Waals surface area contributed by atoms with Crippen molar-refractivity contribution >= 4 is 11.7 Å². The number of hydrogen-bond donors (Lipinski definition) is 1. The monoisotopic (exact) mass is 206 g/mol. The van der Waals surface area contributed by atoms with Gasteiger partial charge in [-0.1, -0.05) is 24.8 Å². The molecule has 1 rings (SSSR count). The molecule has 80 valence electrons. The van der Waals surface area contributed by atoms with Gasteiger partial charge in [0.25, 0.3) is 0 Å². The zero-order valence-corrected chi connectivity index (χ0v) is 8.69. The van der Waals surface area contributed by atoms with E-state index in [1.165, 1.54) is 0 Å². The van der Waals surface area contributed by atoms with Crippen molar-refractivity contribution in [2.75, 3.05) is 6.61 Å². The van der Waals surface area contributed by atoms with Crippen molar-refractivity contribution < 1.29 is 14.6 Å². The van der Waals surface area contributed by atoms with Gasteiger partial charge in [0, 0.05) is 5.56 Å².